The maximum Gasteiger partial charge on any atom is 0.225 e. The molecule has 0 aromatic heterocycles. The Morgan fingerprint density at radius 1 is 0.704 bits per heavy atom. The summed E-state index contributed by atoms with van der Waals surface area (Å²) in [5.41, 5.74) is 0. The fraction of sp³-hybridized carbons (Fsp3) is 0.174. The lowest BCUT2D eigenvalue weighted by Crippen LogP contribution is -3.00. The molecule has 3 aromatic carbocycles. The molecule has 138 valence electrons. The second-order valence-electron chi connectivity index (χ2n) is 6.72. The molecule has 3 aromatic rings. The van der Waals surface area contributed by atoms with E-state index in [9.17, 15) is 4.79 Å². The number of halogens is 1. The quantitative estimate of drug-likeness (QED) is 0.578. The Balaban J connectivity index is 0.00000210. The van der Waals surface area contributed by atoms with Crippen LogP contribution in [0.15, 0.2) is 91.0 Å². The minimum absolute atomic E-state index is 0. The first kappa shape index (κ1) is 19.6. The lowest BCUT2D eigenvalue weighted by molar-refractivity contribution is -0.126. The highest BCUT2D eigenvalue weighted by Crippen LogP contribution is 2.56. The number of amides is 1. The Hall–Kier alpha value is -2.15. The summed E-state index contributed by atoms with van der Waals surface area (Å²) < 4.78 is 0. The Labute approximate surface area is 168 Å². The molecule has 0 radical (unpaired) electrons. The largest absolute Gasteiger partial charge is 1.00 e. The van der Waals surface area contributed by atoms with E-state index >= 15 is 0 Å². The molecule has 1 heterocycles. The molecule has 0 aliphatic carbocycles. The van der Waals surface area contributed by atoms with Crippen molar-refractivity contribution in [2.24, 2.45) is 0 Å². The van der Waals surface area contributed by atoms with Gasteiger partial charge in [-0.3, -0.25) is 4.79 Å². The molecule has 0 unspecified atom stereocenters. The van der Waals surface area contributed by atoms with Gasteiger partial charge >= 0.3 is 0 Å². The van der Waals surface area contributed by atoms with Gasteiger partial charge < -0.3 is 17.3 Å². The molecule has 0 bridgehead atoms. The maximum absolute atomic E-state index is 12.5. The van der Waals surface area contributed by atoms with Crippen molar-refractivity contribution in [2.45, 2.75) is 12.8 Å². The molecule has 0 atom stereocenters. The van der Waals surface area contributed by atoms with Crippen LogP contribution in [0, 0.1) is 0 Å². The SMILES string of the molecule is O=C1CCCN1C[P+](c1ccccc1)(c1ccccc1)c1ccccc1.[Cl-]. The first-order chi connectivity index (χ1) is 12.8. The van der Waals surface area contributed by atoms with Gasteiger partial charge in [0.05, 0.1) is 0 Å². The monoisotopic (exact) mass is 395 g/mol. The fourth-order valence-corrected chi connectivity index (χ4v) is 8.09. The van der Waals surface area contributed by atoms with Gasteiger partial charge in [-0.2, -0.15) is 0 Å². The van der Waals surface area contributed by atoms with Crippen molar-refractivity contribution in [3.05, 3.63) is 91.0 Å². The summed E-state index contributed by atoms with van der Waals surface area (Å²) >= 11 is 0. The van der Waals surface area contributed by atoms with Crippen LogP contribution in [0.3, 0.4) is 0 Å². The van der Waals surface area contributed by atoms with Gasteiger partial charge in [0.25, 0.3) is 0 Å². The van der Waals surface area contributed by atoms with Crippen LogP contribution in [-0.2, 0) is 4.79 Å². The van der Waals surface area contributed by atoms with Crippen LogP contribution >= 0.6 is 7.26 Å². The van der Waals surface area contributed by atoms with E-state index in [0.29, 0.717) is 6.42 Å². The third kappa shape index (κ3) is 3.78. The molecule has 1 saturated heterocycles. The first-order valence-corrected chi connectivity index (χ1v) is 11.1. The van der Waals surface area contributed by atoms with E-state index in [1.807, 2.05) is 0 Å². The van der Waals surface area contributed by atoms with Gasteiger partial charge in [-0.05, 0) is 42.8 Å². The Kier molecular flexibility index (Phi) is 6.31. The first-order valence-electron chi connectivity index (χ1n) is 9.13. The summed E-state index contributed by atoms with van der Waals surface area (Å²) in [6.07, 6.45) is 2.43. The van der Waals surface area contributed by atoms with Crippen LogP contribution < -0.4 is 28.3 Å². The number of rotatable bonds is 5. The van der Waals surface area contributed by atoms with E-state index in [2.05, 4.69) is 95.9 Å². The summed E-state index contributed by atoms with van der Waals surface area (Å²) in [4.78, 5) is 14.6. The van der Waals surface area contributed by atoms with E-state index in [0.717, 1.165) is 19.3 Å². The molecule has 2 nitrogen and oxygen atoms in total. The summed E-state index contributed by atoms with van der Waals surface area (Å²) in [7, 11) is -1.93. The summed E-state index contributed by atoms with van der Waals surface area (Å²) in [5.74, 6) is 0.289. The van der Waals surface area contributed by atoms with Gasteiger partial charge in [-0.25, -0.2) is 0 Å². The van der Waals surface area contributed by atoms with Crippen molar-refractivity contribution < 1.29 is 17.2 Å². The molecule has 1 aliphatic heterocycles. The Morgan fingerprint density at radius 3 is 1.44 bits per heavy atom. The molecule has 0 saturated carbocycles. The smallest absolute Gasteiger partial charge is 0.225 e. The molecule has 0 N–H and O–H groups in total. The van der Waals surface area contributed by atoms with Gasteiger partial charge in [-0.15, -0.1) is 0 Å². The van der Waals surface area contributed by atoms with Crippen LogP contribution in [-0.4, -0.2) is 23.6 Å². The van der Waals surface area contributed by atoms with E-state index in [1.165, 1.54) is 15.9 Å². The molecule has 4 rings (SSSR count). The molecular weight excluding hydrogens is 373 g/mol. The standard InChI is InChI=1S/C23H23NOP.ClH/c25-23-17-10-18-24(23)19-26(20-11-4-1-5-12-20,21-13-6-2-7-14-21)22-15-8-3-9-16-22;/h1-9,11-16H,10,17-19H2;1H/q+1;/p-1. The third-order valence-corrected chi connectivity index (χ3v) is 9.45. The van der Waals surface area contributed by atoms with Gasteiger partial charge in [0.2, 0.25) is 5.91 Å². The molecule has 4 heteroatoms. The fourth-order valence-electron chi connectivity index (χ4n) is 3.85. The zero-order chi connectivity index (χ0) is 17.8. The number of carbonyl (C=O) groups is 1. The van der Waals surface area contributed by atoms with Gasteiger partial charge in [-0.1, -0.05) is 54.6 Å². The van der Waals surface area contributed by atoms with E-state index < -0.39 is 7.26 Å². The van der Waals surface area contributed by atoms with Crippen LogP contribution in [0.5, 0.6) is 0 Å². The van der Waals surface area contributed by atoms with E-state index in [4.69, 9.17) is 0 Å². The molecular formula is C23H23ClNOP. The number of likely N-dealkylation sites (tertiary alicyclic amines) is 1. The van der Waals surface area contributed by atoms with Gasteiger partial charge in [0.1, 0.15) is 29.5 Å². The van der Waals surface area contributed by atoms with E-state index in [-0.39, 0.29) is 18.3 Å². The number of hydrogen-bond acceptors (Lipinski definition) is 1. The number of nitrogens with zero attached hydrogens (tertiary/aromatic N) is 1. The molecule has 1 amide bonds. The average molecular weight is 396 g/mol. The summed E-state index contributed by atoms with van der Waals surface area (Å²) in [6.45, 7) is 0.868. The average Bonchev–Trinajstić information content (AvgIpc) is 3.12. The van der Waals surface area contributed by atoms with Gasteiger partial charge in [0.15, 0.2) is 0 Å². The molecule has 1 aliphatic rings. The minimum Gasteiger partial charge on any atom is -1.00 e. The van der Waals surface area contributed by atoms with Crippen molar-refractivity contribution in [2.75, 3.05) is 12.8 Å². The second kappa shape index (κ2) is 8.69. The van der Waals surface area contributed by atoms with Crippen LogP contribution in [0.25, 0.3) is 0 Å². The van der Waals surface area contributed by atoms with Crippen LogP contribution in [0.1, 0.15) is 12.8 Å². The van der Waals surface area contributed by atoms with Crippen molar-refractivity contribution in [1.82, 2.24) is 4.90 Å². The molecule has 0 spiro atoms. The summed E-state index contributed by atoms with van der Waals surface area (Å²) in [6, 6.07) is 32.3. The zero-order valence-electron chi connectivity index (χ0n) is 15.2. The highest BCUT2D eigenvalue weighted by molar-refractivity contribution is 7.95. The molecule has 1 fully saturated rings. The Bertz CT molecular complexity index is 774. The van der Waals surface area contributed by atoms with Crippen LogP contribution in [0.2, 0.25) is 0 Å². The van der Waals surface area contributed by atoms with Gasteiger partial charge in [0, 0.05) is 13.0 Å². The number of carbonyl (C=O) groups excluding carboxylic acids is 1. The molecule has 27 heavy (non-hydrogen) atoms. The minimum atomic E-state index is -1.93. The zero-order valence-corrected chi connectivity index (χ0v) is 16.8. The van der Waals surface area contributed by atoms with E-state index in [1.54, 1.807) is 0 Å². The number of hydrogen-bond donors (Lipinski definition) is 0. The lowest BCUT2D eigenvalue weighted by atomic mass is 10.4. The maximum atomic E-state index is 12.5. The van der Waals surface area contributed by atoms with Crippen molar-refractivity contribution in [3.8, 4) is 0 Å². The third-order valence-electron chi connectivity index (χ3n) is 5.15. The van der Waals surface area contributed by atoms with Crippen molar-refractivity contribution in [3.63, 3.8) is 0 Å². The van der Waals surface area contributed by atoms with Crippen LogP contribution in [0.4, 0.5) is 0 Å². The highest BCUT2D eigenvalue weighted by Gasteiger charge is 2.48. The van der Waals surface area contributed by atoms with Crippen molar-refractivity contribution >= 4 is 29.1 Å². The normalized spacial score (nSPS) is 14.1. The van der Waals surface area contributed by atoms with Crippen molar-refractivity contribution in [1.29, 1.82) is 0 Å². The lowest BCUT2D eigenvalue weighted by Gasteiger charge is -2.31. The number of benzene rings is 3. The Morgan fingerprint density at radius 2 is 1.11 bits per heavy atom. The predicted octanol–water partition coefficient (Wildman–Crippen LogP) is 0.564. The summed E-state index contributed by atoms with van der Waals surface area (Å²) in [5, 5.41) is 3.99. The highest BCUT2D eigenvalue weighted by atomic mass is 35.5. The second-order valence-corrected chi connectivity index (χ2v) is 10.2. The predicted molar refractivity (Wildman–Crippen MR) is 111 cm³/mol. The topological polar surface area (TPSA) is 20.3 Å².